The molecule has 0 aliphatic heterocycles. The molecule has 0 saturated carbocycles. The minimum Gasteiger partial charge on any atom is -0.345 e. The maximum Gasteiger partial charge on any atom is 0.268 e. The van der Waals surface area contributed by atoms with Crippen LogP contribution in [0.4, 0.5) is 0 Å². The van der Waals surface area contributed by atoms with E-state index in [1.165, 1.54) is 0 Å². The predicted octanol–water partition coefficient (Wildman–Crippen LogP) is 2.17. The predicted molar refractivity (Wildman–Crippen MR) is 74.8 cm³/mol. The highest BCUT2D eigenvalue weighted by atomic mass is 35.5. The van der Waals surface area contributed by atoms with E-state index in [0.29, 0.717) is 23.2 Å². The van der Waals surface area contributed by atoms with Gasteiger partial charge in [0.15, 0.2) is 0 Å². The summed E-state index contributed by atoms with van der Waals surface area (Å²) in [7, 11) is 1.79. The number of aryl methyl sites for hydroxylation is 1. The second kappa shape index (κ2) is 5.76. The summed E-state index contributed by atoms with van der Waals surface area (Å²) in [5.41, 5.74) is 5.94. The van der Waals surface area contributed by atoms with Gasteiger partial charge in [0.25, 0.3) is 5.91 Å². The van der Waals surface area contributed by atoms with E-state index in [0.717, 1.165) is 6.42 Å². The first-order valence-electron chi connectivity index (χ1n) is 6.12. The van der Waals surface area contributed by atoms with Gasteiger partial charge in [0.05, 0.1) is 10.6 Å². The van der Waals surface area contributed by atoms with Crippen molar-refractivity contribution < 1.29 is 4.79 Å². The Kier molecular flexibility index (Phi) is 4.82. The Morgan fingerprint density at radius 2 is 2.22 bits per heavy atom. The molecule has 0 fully saturated rings. The van der Waals surface area contributed by atoms with Crippen LogP contribution in [0.1, 0.15) is 37.7 Å². The molecule has 0 bridgehead atoms. The molecule has 4 nitrogen and oxygen atoms in total. The van der Waals surface area contributed by atoms with Crippen LogP contribution in [-0.2, 0) is 7.05 Å². The Labute approximate surface area is 113 Å². The van der Waals surface area contributed by atoms with Crippen LogP contribution >= 0.6 is 11.6 Å². The van der Waals surface area contributed by atoms with Gasteiger partial charge in [-0.15, -0.1) is 0 Å². The fraction of sp³-hybridized carbons (Fsp3) is 0.615. The third kappa shape index (κ3) is 3.75. The molecule has 0 aliphatic carbocycles. The lowest BCUT2D eigenvalue weighted by atomic mass is 9.90. The first-order valence-corrected chi connectivity index (χ1v) is 6.49. The molecule has 0 radical (unpaired) electrons. The minimum absolute atomic E-state index is 0.141. The van der Waals surface area contributed by atoms with Crippen LogP contribution in [0.2, 0.25) is 5.02 Å². The number of nitrogens with zero attached hydrogens (tertiary/aromatic N) is 1. The molecule has 1 atom stereocenters. The van der Waals surface area contributed by atoms with Crippen molar-refractivity contribution in [2.24, 2.45) is 18.7 Å². The highest BCUT2D eigenvalue weighted by Crippen LogP contribution is 2.18. The van der Waals surface area contributed by atoms with E-state index in [4.69, 9.17) is 17.3 Å². The lowest BCUT2D eigenvalue weighted by molar-refractivity contribution is 0.0890. The van der Waals surface area contributed by atoms with Crippen molar-refractivity contribution in [3.8, 4) is 0 Å². The molecule has 1 heterocycles. The van der Waals surface area contributed by atoms with E-state index in [1.54, 1.807) is 23.9 Å². The molecule has 0 spiro atoms. The van der Waals surface area contributed by atoms with Crippen molar-refractivity contribution in [2.45, 2.75) is 32.7 Å². The molecule has 1 amide bonds. The van der Waals surface area contributed by atoms with Crippen LogP contribution in [-0.4, -0.2) is 22.6 Å². The molecule has 1 rings (SSSR count). The molecular formula is C13H22ClN3O. The van der Waals surface area contributed by atoms with Gasteiger partial charge in [-0.3, -0.25) is 4.79 Å². The van der Waals surface area contributed by atoms with E-state index in [1.807, 2.05) is 6.92 Å². The average molecular weight is 272 g/mol. The van der Waals surface area contributed by atoms with E-state index < -0.39 is 0 Å². The van der Waals surface area contributed by atoms with E-state index in [2.05, 4.69) is 19.2 Å². The molecular weight excluding hydrogens is 250 g/mol. The number of carbonyl (C=O) groups is 1. The molecule has 0 aliphatic rings. The summed E-state index contributed by atoms with van der Waals surface area (Å²) in [6.45, 7) is 6.60. The summed E-state index contributed by atoms with van der Waals surface area (Å²) in [6.07, 6.45) is 2.55. The standard InChI is InChI=1S/C13H22ClN3O/c1-9(2)6-13(3,8-15)16-12(18)11-5-10(14)7-17(11)4/h5,7,9H,6,8,15H2,1-4H3,(H,16,18). The quantitative estimate of drug-likeness (QED) is 0.862. The number of nitrogens with two attached hydrogens (primary N) is 1. The lowest BCUT2D eigenvalue weighted by Crippen LogP contribution is -2.52. The number of rotatable bonds is 5. The van der Waals surface area contributed by atoms with Crippen molar-refractivity contribution in [1.82, 2.24) is 9.88 Å². The monoisotopic (exact) mass is 271 g/mol. The third-order valence-corrected chi connectivity index (χ3v) is 3.14. The molecule has 1 aromatic heterocycles. The van der Waals surface area contributed by atoms with Gasteiger partial charge in [-0.05, 0) is 25.3 Å². The molecule has 1 aromatic rings. The van der Waals surface area contributed by atoms with Gasteiger partial charge in [-0.2, -0.15) is 0 Å². The van der Waals surface area contributed by atoms with E-state index in [-0.39, 0.29) is 11.4 Å². The summed E-state index contributed by atoms with van der Waals surface area (Å²) < 4.78 is 1.71. The highest BCUT2D eigenvalue weighted by Gasteiger charge is 2.27. The van der Waals surface area contributed by atoms with Crippen LogP contribution in [0.5, 0.6) is 0 Å². The number of carbonyl (C=O) groups excluding carboxylic acids is 1. The summed E-state index contributed by atoms with van der Waals surface area (Å²) in [5.74, 6) is 0.328. The maximum absolute atomic E-state index is 12.2. The normalized spacial score (nSPS) is 14.6. The van der Waals surface area contributed by atoms with Gasteiger partial charge < -0.3 is 15.6 Å². The van der Waals surface area contributed by atoms with Crippen LogP contribution < -0.4 is 11.1 Å². The van der Waals surface area contributed by atoms with E-state index >= 15 is 0 Å². The zero-order valence-electron chi connectivity index (χ0n) is 11.5. The van der Waals surface area contributed by atoms with Crippen LogP contribution in [0.25, 0.3) is 0 Å². The van der Waals surface area contributed by atoms with Gasteiger partial charge in [0.1, 0.15) is 5.69 Å². The first kappa shape index (κ1) is 15.1. The van der Waals surface area contributed by atoms with Gasteiger partial charge in [0, 0.05) is 19.8 Å². The number of halogens is 1. The lowest BCUT2D eigenvalue weighted by Gasteiger charge is -2.31. The Hall–Kier alpha value is -1.00. The molecule has 0 aromatic carbocycles. The maximum atomic E-state index is 12.2. The highest BCUT2D eigenvalue weighted by molar-refractivity contribution is 6.31. The zero-order valence-corrected chi connectivity index (χ0v) is 12.2. The van der Waals surface area contributed by atoms with Gasteiger partial charge >= 0.3 is 0 Å². The number of hydrogen-bond acceptors (Lipinski definition) is 2. The zero-order chi connectivity index (χ0) is 13.9. The topological polar surface area (TPSA) is 60.0 Å². The van der Waals surface area contributed by atoms with Crippen molar-refractivity contribution >= 4 is 17.5 Å². The van der Waals surface area contributed by atoms with Crippen molar-refractivity contribution in [2.75, 3.05) is 6.54 Å². The van der Waals surface area contributed by atoms with Crippen LogP contribution in [0.3, 0.4) is 0 Å². The van der Waals surface area contributed by atoms with Crippen LogP contribution in [0.15, 0.2) is 12.3 Å². The average Bonchev–Trinajstić information content (AvgIpc) is 2.56. The number of nitrogens with one attached hydrogen (secondary N) is 1. The van der Waals surface area contributed by atoms with Crippen molar-refractivity contribution in [3.05, 3.63) is 23.0 Å². The van der Waals surface area contributed by atoms with Gasteiger partial charge in [-0.25, -0.2) is 0 Å². The summed E-state index contributed by atoms with van der Waals surface area (Å²) >= 11 is 5.87. The molecule has 18 heavy (non-hydrogen) atoms. The molecule has 1 unspecified atom stereocenters. The first-order chi connectivity index (χ1) is 8.27. The minimum atomic E-state index is -0.387. The van der Waals surface area contributed by atoms with E-state index in [9.17, 15) is 4.79 Å². The Balaban J connectivity index is 2.82. The van der Waals surface area contributed by atoms with Crippen molar-refractivity contribution in [1.29, 1.82) is 0 Å². The largest absolute Gasteiger partial charge is 0.345 e. The fourth-order valence-electron chi connectivity index (χ4n) is 2.17. The third-order valence-electron chi connectivity index (χ3n) is 2.93. The smallest absolute Gasteiger partial charge is 0.268 e. The fourth-order valence-corrected chi connectivity index (χ4v) is 2.42. The number of amides is 1. The number of hydrogen-bond donors (Lipinski definition) is 2. The van der Waals surface area contributed by atoms with Gasteiger partial charge in [-0.1, -0.05) is 25.4 Å². The van der Waals surface area contributed by atoms with Crippen molar-refractivity contribution in [3.63, 3.8) is 0 Å². The molecule has 5 heteroatoms. The van der Waals surface area contributed by atoms with Crippen LogP contribution in [0, 0.1) is 5.92 Å². The van der Waals surface area contributed by atoms with Gasteiger partial charge in [0.2, 0.25) is 0 Å². The Bertz CT molecular complexity index is 428. The second-order valence-corrected chi connectivity index (χ2v) is 5.91. The molecule has 102 valence electrons. The Morgan fingerprint density at radius 1 is 1.61 bits per heavy atom. The second-order valence-electron chi connectivity index (χ2n) is 5.47. The summed E-state index contributed by atoms with van der Waals surface area (Å²) in [4.78, 5) is 12.2. The molecule has 0 saturated heterocycles. The molecule has 3 N–H and O–H groups in total. The SMILES string of the molecule is CC(C)CC(C)(CN)NC(=O)c1cc(Cl)cn1C. The summed E-state index contributed by atoms with van der Waals surface area (Å²) in [5, 5.41) is 3.56. The number of aromatic nitrogens is 1. The Morgan fingerprint density at radius 3 is 2.61 bits per heavy atom. The summed E-state index contributed by atoms with van der Waals surface area (Å²) in [6, 6.07) is 1.66.